The molecule has 1 fully saturated rings. The fourth-order valence-corrected chi connectivity index (χ4v) is 2.41. The van der Waals surface area contributed by atoms with Gasteiger partial charge in [-0.2, -0.15) is 13.2 Å². The summed E-state index contributed by atoms with van der Waals surface area (Å²) in [4.78, 5) is 12.0. The molecule has 1 saturated heterocycles. The molecule has 1 unspecified atom stereocenters. The number of ether oxygens (including phenoxy) is 1. The van der Waals surface area contributed by atoms with Crippen molar-refractivity contribution < 1.29 is 22.7 Å². The number of rotatable bonds is 4. The molecule has 1 amide bonds. The number of carbonyl (C=O) groups is 1. The number of halogens is 3. The zero-order valence-corrected chi connectivity index (χ0v) is 12.0. The summed E-state index contributed by atoms with van der Waals surface area (Å²) >= 11 is 0. The van der Waals surface area contributed by atoms with Crippen molar-refractivity contribution in [2.45, 2.75) is 31.6 Å². The summed E-state index contributed by atoms with van der Waals surface area (Å²) in [5.74, 6) is -0.201. The number of hydrogen-bond acceptors (Lipinski definition) is 3. The van der Waals surface area contributed by atoms with Gasteiger partial charge in [0.05, 0.1) is 11.6 Å². The lowest BCUT2D eigenvalue weighted by Gasteiger charge is -2.26. The first-order valence-electron chi connectivity index (χ1n) is 7.15. The highest BCUT2D eigenvalue weighted by Crippen LogP contribution is 2.29. The normalized spacial score (nSPS) is 18.0. The molecule has 1 aromatic carbocycles. The summed E-state index contributed by atoms with van der Waals surface area (Å²) in [6, 6.07) is 4.09. The second-order valence-corrected chi connectivity index (χ2v) is 5.39. The van der Waals surface area contributed by atoms with Crippen LogP contribution in [0.3, 0.4) is 0 Å². The highest BCUT2D eigenvalue weighted by Gasteiger charge is 2.30. The molecule has 0 radical (unpaired) electrons. The predicted molar refractivity (Wildman–Crippen MR) is 74.8 cm³/mol. The van der Waals surface area contributed by atoms with Crippen molar-refractivity contribution in [2.75, 3.05) is 13.2 Å². The van der Waals surface area contributed by atoms with Crippen LogP contribution in [0.1, 0.15) is 24.0 Å². The minimum absolute atomic E-state index is 0.0846. The largest absolute Gasteiger partial charge is 0.416 e. The van der Waals surface area contributed by atoms with Crippen LogP contribution < -0.4 is 11.1 Å². The number of amides is 1. The number of nitrogens with two attached hydrogens (primary N) is 1. The Bertz CT molecular complexity index is 497. The molecule has 4 nitrogen and oxygen atoms in total. The third-order valence-electron chi connectivity index (χ3n) is 3.82. The first-order valence-corrected chi connectivity index (χ1v) is 7.15. The van der Waals surface area contributed by atoms with Crippen LogP contribution in [0.15, 0.2) is 24.3 Å². The number of benzene rings is 1. The Kier molecular flexibility index (Phi) is 5.42. The Morgan fingerprint density at radius 2 is 1.86 bits per heavy atom. The third-order valence-corrected chi connectivity index (χ3v) is 3.82. The molecular weight excluding hydrogens is 297 g/mol. The number of nitrogens with one attached hydrogen (secondary N) is 1. The molecule has 3 N–H and O–H groups in total. The van der Waals surface area contributed by atoms with Crippen molar-refractivity contribution in [1.82, 2.24) is 5.32 Å². The second kappa shape index (κ2) is 7.11. The number of hydrogen-bond donors (Lipinski definition) is 2. The van der Waals surface area contributed by atoms with Crippen LogP contribution in [0.4, 0.5) is 13.2 Å². The van der Waals surface area contributed by atoms with Crippen LogP contribution in [0, 0.1) is 5.92 Å². The van der Waals surface area contributed by atoms with Crippen LogP contribution in [-0.4, -0.2) is 25.2 Å². The summed E-state index contributed by atoms with van der Waals surface area (Å²) in [5.41, 5.74) is 5.81. The highest BCUT2D eigenvalue weighted by molar-refractivity contribution is 5.81. The van der Waals surface area contributed by atoms with Crippen LogP contribution in [0.5, 0.6) is 0 Å². The maximum Gasteiger partial charge on any atom is 0.416 e. The number of carbonyl (C=O) groups excluding carboxylic acids is 1. The van der Waals surface area contributed by atoms with E-state index in [1.165, 1.54) is 12.1 Å². The van der Waals surface area contributed by atoms with Crippen molar-refractivity contribution in [3.05, 3.63) is 35.4 Å². The molecule has 122 valence electrons. The zero-order valence-electron chi connectivity index (χ0n) is 12.0. The maximum atomic E-state index is 12.4. The molecule has 0 spiro atoms. The Labute approximate surface area is 126 Å². The first kappa shape index (κ1) is 16.8. The molecule has 1 aromatic rings. The Balaban J connectivity index is 1.85. The van der Waals surface area contributed by atoms with Gasteiger partial charge in [0.1, 0.15) is 0 Å². The lowest BCUT2D eigenvalue weighted by Crippen LogP contribution is -2.46. The monoisotopic (exact) mass is 316 g/mol. The van der Waals surface area contributed by atoms with Crippen molar-refractivity contribution in [3.63, 3.8) is 0 Å². The molecule has 1 atom stereocenters. The molecule has 1 aliphatic heterocycles. The third kappa shape index (κ3) is 4.45. The fraction of sp³-hybridized carbons (Fsp3) is 0.533. The van der Waals surface area contributed by atoms with Gasteiger partial charge in [-0.1, -0.05) is 12.1 Å². The minimum atomic E-state index is -4.35. The molecule has 0 saturated carbocycles. The van der Waals surface area contributed by atoms with Crippen molar-refractivity contribution >= 4 is 5.91 Å². The van der Waals surface area contributed by atoms with Gasteiger partial charge in [-0.05, 0) is 36.5 Å². The molecular formula is C15H19F3N2O2. The van der Waals surface area contributed by atoms with Gasteiger partial charge in [0.2, 0.25) is 5.91 Å². The molecule has 1 aliphatic rings. The first-order chi connectivity index (χ1) is 10.4. The smallest absolute Gasteiger partial charge is 0.381 e. The van der Waals surface area contributed by atoms with Gasteiger partial charge in [0.15, 0.2) is 0 Å². The molecule has 1 heterocycles. The maximum absolute atomic E-state index is 12.4. The van der Waals surface area contributed by atoms with E-state index in [-0.39, 0.29) is 18.4 Å². The Morgan fingerprint density at radius 1 is 1.27 bits per heavy atom. The van der Waals surface area contributed by atoms with Crippen LogP contribution >= 0.6 is 0 Å². The van der Waals surface area contributed by atoms with Gasteiger partial charge >= 0.3 is 6.18 Å². The van der Waals surface area contributed by atoms with Crippen LogP contribution in [-0.2, 0) is 22.3 Å². The van der Waals surface area contributed by atoms with E-state index in [0.717, 1.165) is 25.0 Å². The van der Waals surface area contributed by atoms with Crippen LogP contribution in [0.2, 0.25) is 0 Å². The SMILES string of the molecule is NC(C(=O)NCc1ccc(C(F)(F)F)cc1)C1CCOCC1. The molecule has 0 aromatic heterocycles. The minimum Gasteiger partial charge on any atom is -0.381 e. The van der Waals surface area contributed by atoms with E-state index >= 15 is 0 Å². The number of alkyl halides is 3. The van der Waals surface area contributed by atoms with Gasteiger partial charge in [-0.25, -0.2) is 0 Å². The van der Waals surface area contributed by atoms with E-state index < -0.39 is 17.8 Å². The molecule has 0 bridgehead atoms. The van der Waals surface area contributed by atoms with Crippen molar-refractivity contribution in [3.8, 4) is 0 Å². The Morgan fingerprint density at radius 3 is 2.41 bits per heavy atom. The van der Waals surface area contributed by atoms with E-state index in [0.29, 0.717) is 18.8 Å². The average Bonchev–Trinajstić information content (AvgIpc) is 2.52. The van der Waals surface area contributed by atoms with Gasteiger partial charge in [0.25, 0.3) is 0 Å². The summed E-state index contributed by atoms with van der Waals surface area (Å²) in [7, 11) is 0. The van der Waals surface area contributed by atoms with Crippen molar-refractivity contribution in [2.24, 2.45) is 11.7 Å². The Hall–Kier alpha value is -1.60. The average molecular weight is 316 g/mol. The van der Waals surface area contributed by atoms with Gasteiger partial charge in [-0.3, -0.25) is 4.79 Å². The lowest BCUT2D eigenvalue weighted by molar-refractivity contribution is -0.137. The predicted octanol–water partition coefficient (Wildman–Crippen LogP) is 2.08. The summed E-state index contributed by atoms with van der Waals surface area (Å²) in [6.07, 6.45) is -2.86. The molecule has 22 heavy (non-hydrogen) atoms. The summed E-state index contributed by atoms with van der Waals surface area (Å²) in [5, 5.41) is 2.67. The van der Waals surface area contributed by atoms with Gasteiger partial charge in [0, 0.05) is 19.8 Å². The van der Waals surface area contributed by atoms with E-state index in [1.54, 1.807) is 0 Å². The second-order valence-electron chi connectivity index (χ2n) is 5.39. The van der Waals surface area contributed by atoms with Gasteiger partial charge < -0.3 is 15.8 Å². The topological polar surface area (TPSA) is 64.4 Å². The van der Waals surface area contributed by atoms with E-state index in [2.05, 4.69) is 5.32 Å². The van der Waals surface area contributed by atoms with E-state index in [1.807, 2.05) is 0 Å². The standard InChI is InChI=1S/C15H19F3N2O2/c16-15(17,18)12-3-1-10(2-4-12)9-20-14(21)13(19)11-5-7-22-8-6-11/h1-4,11,13H,5-9,19H2,(H,20,21). The quantitative estimate of drug-likeness (QED) is 0.894. The fourth-order valence-electron chi connectivity index (χ4n) is 2.41. The summed E-state index contributed by atoms with van der Waals surface area (Å²) < 4.78 is 42.6. The van der Waals surface area contributed by atoms with Crippen molar-refractivity contribution in [1.29, 1.82) is 0 Å². The van der Waals surface area contributed by atoms with Crippen LogP contribution in [0.25, 0.3) is 0 Å². The van der Waals surface area contributed by atoms with E-state index in [4.69, 9.17) is 10.5 Å². The summed E-state index contributed by atoms with van der Waals surface area (Å²) in [6.45, 7) is 1.36. The zero-order chi connectivity index (χ0) is 16.2. The molecule has 7 heteroatoms. The van der Waals surface area contributed by atoms with E-state index in [9.17, 15) is 18.0 Å². The highest BCUT2D eigenvalue weighted by atomic mass is 19.4. The lowest BCUT2D eigenvalue weighted by atomic mass is 9.92. The van der Waals surface area contributed by atoms with Gasteiger partial charge in [-0.15, -0.1) is 0 Å². The molecule has 2 rings (SSSR count). The molecule has 0 aliphatic carbocycles.